The van der Waals surface area contributed by atoms with Crippen LogP contribution in [0.25, 0.3) is 0 Å². The highest BCUT2D eigenvalue weighted by atomic mass is 16.5. The zero-order valence-electron chi connectivity index (χ0n) is 27.5. The number of aliphatic hydroxyl groups excluding tert-OH is 1. The van der Waals surface area contributed by atoms with Crippen molar-refractivity contribution < 1.29 is 29.3 Å². The van der Waals surface area contributed by atoms with E-state index in [1.807, 2.05) is 30.3 Å². The summed E-state index contributed by atoms with van der Waals surface area (Å²) in [7, 11) is 1.52. The van der Waals surface area contributed by atoms with E-state index >= 15 is 0 Å². The molecule has 0 aliphatic carbocycles. The second-order valence-electron chi connectivity index (χ2n) is 12.6. The van der Waals surface area contributed by atoms with E-state index in [1.54, 1.807) is 84.6 Å². The second kappa shape index (κ2) is 14.0. The van der Waals surface area contributed by atoms with Crippen LogP contribution < -0.4 is 20.7 Å². The topological polar surface area (TPSA) is 145 Å². The van der Waals surface area contributed by atoms with Crippen LogP contribution in [0.5, 0.6) is 5.75 Å². The van der Waals surface area contributed by atoms with Crippen LogP contribution in [0, 0.1) is 5.92 Å². The van der Waals surface area contributed by atoms with Crippen LogP contribution in [0.2, 0.25) is 0 Å². The van der Waals surface area contributed by atoms with E-state index in [-0.39, 0.29) is 37.4 Å². The molecule has 0 radical (unpaired) electrons. The van der Waals surface area contributed by atoms with Gasteiger partial charge in [-0.15, -0.1) is 0 Å². The van der Waals surface area contributed by atoms with Crippen molar-refractivity contribution in [1.82, 2.24) is 4.90 Å². The molecule has 0 saturated carbocycles. The van der Waals surface area contributed by atoms with Gasteiger partial charge in [0.25, 0.3) is 11.8 Å². The third kappa shape index (κ3) is 6.65. The summed E-state index contributed by atoms with van der Waals surface area (Å²) in [5.74, 6) is -1.16. The summed E-state index contributed by atoms with van der Waals surface area (Å²) in [6, 6.07) is 26.6. The molecule has 49 heavy (non-hydrogen) atoms. The zero-order valence-corrected chi connectivity index (χ0v) is 27.5. The van der Waals surface area contributed by atoms with Crippen molar-refractivity contribution >= 4 is 34.8 Å². The predicted molar refractivity (Wildman–Crippen MR) is 188 cm³/mol. The van der Waals surface area contributed by atoms with E-state index in [1.165, 1.54) is 12.0 Å². The standard InChI is InChI=1S/C39H40N4O6/c1-25(7-5-12-36(45)42-23-29-10-4-3-9-28(29)20-32(42)24-44)39(48)34-21-33(49-2)17-18-35(34)43(38(39)47)22-26-8-6-11-31(19-26)41-37(46)27-13-15-30(40)16-14-27/h3-11,13-19,21,25,32,44,48H,12,20,22-24,40H2,1-2H3,(H,41,46)/b7-5+/t25-,32-,39+/m0/s1. The lowest BCUT2D eigenvalue weighted by atomic mass is 9.82. The first kappa shape index (κ1) is 33.5. The van der Waals surface area contributed by atoms with Crippen LogP contribution in [0.15, 0.2) is 103 Å². The van der Waals surface area contributed by atoms with Crippen molar-refractivity contribution in [3.8, 4) is 5.75 Å². The molecule has 5 N–H and O–H groups in total. The third-order valence-electron chi connectivity index (χ3n) is 9.44. The summed E-state index contributed by atoms with van der Waals surface area (Å²) >= 11 is 0. The molecule has 252 valence electrons. The molecule has 2 aliphatic rings. The van der Waals surface area contributed by atoms with Crippen LogP contribution in [0.4, 0.5) is 17.1 Å². The lowest BCUT2D eigenvalue weighted by molar-refractivity contribution is -0.139. The van der Waals surface area contributed by atoms with Gasteiger partial charge in [-0.3, -0.25) is 14.4 Å². The normalized spacial score (nSPS) is 19.0. The van der Waals surface area contributed by atoms with E-state index in [2.05, 4.69) is 5.32 Å². The average Bonchev–Trinajstić information content (AvgIpc) is 3.33. The minimum atomic E-state index is -1.93. The quantitative estimate of drug-likeness (QED) is 0.141. The molecule has 0 aromatic heterocycles. The van der Waals surface area contributed by atoms with Crippen LogP contribution in [-0.2, 0) is 34.7 Å². The van der Waals surface area contributed by atoms with Crippen molar-refractivity contribution in [2.24, 2.45) is 5.92 Å². The number of carbonyl (C=O) groups is 3. The smallest absolute Gasteiger partial charge is 0.264 e. The minimum Gasteiger partial charge on any atom is -0.497 e. The molecule has 0 saturated heterocycles. The maximum absolute atomic E-state index is 14.2. The van der Waals surface area contributed by atoms with E-state index in [0.29, 0.717) is 46.9 Å². The number of amides is 3. The summed E-state index contributed by atoms with van der Waals surface area (Å²) in [6.07, 6.45) is 4.01. The zero-order chi connectivity index (χ0) is 34.7. The van der Waals surface area contributed by atoms with Gasteiger partial charge >= 0.3 is 0 Å². The fourth-order valence-corrected chi connectivity index (χ4v) is 6.65. The number of nitrogens with one attached hydrogen (secondary N) is 1. The van der Waals surface area contributed by atoms with Crippen molar-refractivity contribution in [2.45, 2.75) is 44.5 Å². The van der Waals surface area contributed by atoms with E-state index in [0.717, 1.165) is 16.7 Å². The largest absolute Gasteiger partial charge is 0.497 e. The predicted octanol–water partition coefficient (Wildman–Crippen LogP) is 4.79. The van der Waals surface area contributed by atoms with Gasteiger partial charge in [0.1, 0.15) is 5.75 Å². The Bertz CT molecular complexity index is 1910. The number of aliphatic hydroxyl groups is 2. The molecule has 4 aromatic carbocycles. The number of anilines is 3. The molecule has 3 atom stereocenters. The fourth-order valence-electron chi connectivity index (χ4n) is 6.65. The Morgan fingerprint density at radius 1 is 1.04 bits per heavy atom. The Kier molecular flexibility index (Phi) is 9.53. The number of nitrogen functional groups attached to an aromatic ring is 1. The number of nitrogens with two attached hydrogens (primary N) is 1. The third-order valence-corrected chi connectivity index (χ3v) is 9.44. The molecule has 2 aliphatic heterocycles. The van der Waals surface area contributed by atoms with Crippen molar-refractivity contribution in [2.75, 3.05) is 29.7 Å². The molecule has 10 nitrogen and oxygen atoms in total. The highest BCUT2D eigenvalue weighted by molar-refractivity contribution is 6.07. The van der Waals surface area contributed by atoms with Crippen molar-refractivity contribution in [3.63, 3.8) is 0 Å². The van der Waals surface area contributed by atoms with Crippen molar-refractivity contribution in [3.05, 3.63) is 131 Å². The summed E-state index contributed by atoms with van der Waals surface area (Å²) in [4.78, 5) is 43.5. The molecular formula is C39H40N4O6. The lowest BCUT2D eigenvalue weighted by Gasteiger charge is -2.36. The number of nitrogens with zero attached hydrogens (tertiary/aromatic N) is 2. The first-order valence-corrected chi connectivity index (χ1v) is 16.2. The van der Waals surface area contributed by atoms with E-state index in [9.17, 15) is 24.6 Å². The molecule has 0 unspecified atom stereocenters. The molecule has 6 rings (SSSR count). The summed E-state index contributed by atoms with van der Waals surface area (Å²) in [5, 5.41) is 25.1. The minimum absolute atomic E-state index is 0.0524. The highest BCUT2D eigenvalue weighted by Gasteiger charge is 2.52. The molecule has 2 heterocycles. The van der Waals surface area contributed by atoms with Crippen molar-refractivity contribution in [1.29, 1.82) is 0 Å². The lowest BCUT2D eigenvalue weighted by Crippen LogP contribution is -2.46. The summed E-state index contributed by atoms with van der Waals surface area (Å²) in [6.45, 7) is 2.16. The summed E-state index contributed by atoms with van der Waals surface area (Å²) < 4.78 is 5.45. The highest BCUT2D eigenvalue weighted by Crippen LogP contribution is 2.47. The van der Waals surface area contributed by atoms with Gasteiger partial charge in [-0.25, -0.2) is 0 Å². The molecule has 0 bridgehead atoms. The molecule has 0 fully saturated rings. The SMILES string of the molecule is COc1ccc2c(c1)[C@](O)([C@@H](C)/C=C/CC(=O)N1Cc3ccccc3C[C@H]1CO)C(=O)N2Cc1cccc(NC(=O)c2ccc(N)cc2)c1. The van der Waals surface area contributed by atoms with Gasteiger partial charge < -0.3 is 35.8 Å². The Morgan fingerprint density at radius 3 is 2.53 bits per heavy atom. The maximum atomic E-state index is 14.2. The van der Waals surface area contributed by atoms with Crippen LogP contribution in [0.3, 0.4) is 0 Å². The summed E-state index contributed by atoms with van der Waals surface area (Å²) in [5.41, 5.74) is 9.27. The Morgan fingerprint density at radius 2 is 1.80 bits per heavy atom. The fraction of sp³-hybridized carbons (Fsp3) is 0.256. The number of hydrogen-bond acceptors (Lipinski definition) is 7. The number of rotatable bonds is 10. The Hall–Kier alpha value is -5.45. The number of hydrogen-bond donors (Lipinski definition) is 4. The Balaban J connectivity index is 1.19. The van der Waals surface area contributed by atoms with Gasteiger partial charge in [0.15, 0.2) is 5.60 Å². The molecular weight excluding hydrogens is 620 g/mol. The molecule has 0 spiro atoms. The van der Waals surface area contributed by atoms with Gasteiger partial charge in [0.05, 0.1) is 32.0 Å². The number of fused-ring (bicyclic) bond motifs is 2. The number of methoxy groups -OCH3 is 1. The second-order valence-corrected chi connectivity index (χ2v) is 12.6. The van der Waals surface area contributed by atoms with Gasteiger partial charge in [-0.05, 0) is 77.7 Å². The van der Waals surface area contributed by atoms with Gasteiger partial charge in [-0.1, -0.05) is 55.5 Å². The van der Waals surface area contributed by atoms with Gasteiger partial charge in [-0.2, -0.15) is 0 Å². The molecule has 4 aromatic rings. The molecule has 10 heteroatoms. The Labute approximate surface area is 285 Å². The first-order valence-electron chi connectivity index (χ1n) is 16.2. The van der Waals surface area contributed by atoms with Gasteiger partial charge in [0, 0.05) is 41.4 Å². The van der Waals surface area contributed by atoms with E-state index < -0.39 is 17.4 Å². The van der Waals surface area contributed by atoms with Gasteiger partial charge in [0.2, 0.25) is 5.91 Å². The first-order chi connectivity index (χ1) is 23.6. The number of benzene rings is 4. The van der Waals surface area contributed by atoms with E-state index in [4.69, 9.17) is 10.5 Å². The maximum Gasteiger partial charge on any atom is 0.264 e. The number of carbonyl (C=O) groups excluding carboxylic acids is 3. The van der Waals surface area contributed by atoms with Crippen LogP contribution in [-0.4, -0.2) is 52.6 Å². The van der Waals surface area contributed by atoms with Crippen LogP contribution >= 0.6 is 0 Å². The average molecular weight is 661 g/mol. The molecule has 3 amide bonds. The monoisotopic (exact) mass is 660 g/mol. The van der Waals surface area contributed by atoms with Crippen LogP contribution in [0.1, 0.15) is 46.0 Å². The number of ether oxygens (including phenoxy) is 1.